The fourth-order valence-corrected chi connectivity index (χ4v) is 1.78. The van der Waals surface area contributed by atoms with Crippen molar-refractivity contribution in [2.75, 3.05) is 6.61 Å². The Morgan fingerprint density at radius 1 is 1.67 bits per heavy atom. The van der Waals surface area contributed by atoms with Crippen molar-refractivity contribution in [3.8, 4) is 0 Å². The summed E-state index contributed by atoms with van der Waals surface area (Å²) in [6.07, 6.45) is 1.38. The number of nitrogens with one attached hydrogen (secondary N) is 1. The highest BCUT2D eigenvalue weighted by atomic mass is 32.1. The zero-order valence-corrected chi connectivity index (χ0v) is 9.67. The van der Waals surface area contributed by atoms with Gasteiger partial charge < -0.3 is 10.4 Å². The van der Waals surface area contributed by atoms with Gasteiger partial charge in [0, 0.05) is 12.6 Å². The number of aromatic nitrogens is 2. The molecule has 84 valence electrons. The van der Waals surface area contributed by atoms with Gasteiger partial charge >= 0.3 is 0 Å². The Balaban J connectivity index is 2.58. The van der Waals surface area contributed by atoms with E-state index >= 15 is 0 Å². The number of hydrogen-bond acceptors (Lipinski definition) is 5. The predicted molar refractivity (Wildman–Crippen MR) is 57.9 cm³/mol. The lowest BCUT2D eigenvalue weighted by Crippen LogP contribution is -2.34. The van der Waals surface area contributed by atoms with Crippen molar-refractivity contribution < 1.29 is 9.90 Å². The van der Waals surface area contributed by atoms with Crippen LogP contribution in [-0.2, 0) is 0 Å². The van der Waals surface area contributed by atoms with Gasteiger partial charge in [0.2, 0.25) is 0 Å². The molecule has 0 bridgehead atoms. The Hall–Kier alpha value is -1.01. The summed E-state index contributed by atoms with van der Waals surface area (Å²) >= 11 is 1.09. The molecule has 0 radical (unpaired) electrons. The van der Waals surface area contributed by atoms with Crippen LogP contribution >= 0.6 is 11.5 Å². The van der Waals surface area contributed by atoms with E-state index in [1.807, 2.05) is 6.92 Å². The molecule has 1 unspecified atom stereocenters. The molecule has 0 aliphatic carbocycles. The highest BCUT2D eigenvalue weighted by molar-refractivity contribution is 7.07. The molecule has 0 aromatic carbocycles. The normalized spacial score (nSPS) is 12.5. The van der Waals surface area contributed by atoms with E-state index in [1.165, 1.54) is 0 Å². The van der Waals surface area contributed by atoms with Gasteiger partial charge in [-0.25, -0.2) is 0 Å². The minimum absolute atomic E-state index is 0.0176. The molecule has 0 aliphatic heterocycles. The highest BCUT2D eigenvalue weighted by Gasteiger charge is 2.16. The number of aryl methyl sites for hydroxylation is 1. The summed E-state index contributed by atoms with van der Waals surface area (Å²) in [7, 11) is 0. The monoisotopic (exact) mass is 229 g/mol. The summed E-state index contributed by atoms with van der Waals surface area (Å²) < 4.78 is 3.70. The first-order valence-corrected chi connectivity index (χ1v) is 5.67. The molecule has 15 heavy (non-hydrogen) atoms. The van der Waals surface area contributed by atoms with Crippen LogP contribution in [0.15, 0.2) is 0 Å². The Bertz CT molecular complexity index is 327. The molecule has 1 aromatic heterocycles. The Morgan fingerprint density at radius 3 is 2.87 bits per heavy atom. The van der Waals surface area contributed by atoms with E-state index < -0.39 is 0 Å². The predicted octanol–water partition coefficient (Wildman–Crippen LogP) is 0.737. The first-order valence-electron chi connectivity index (χ1n) is 4.89. The van der Waals surface area contributed by atoms with Crippen LogP contribution in [0.5, 0.6) is 0 Å². The van der Waals surface area contributed by atoms with Crippen LogP contribution in [0.1, 0.15) is 35.1 Å². The summed E-state index contributed by atoms with van der Waals surface area (Å²) in [6.45, 7) is 3.81. The number of carbonyl (C=O) groups is 1. The molecule has 6 heteroatoms. The maximum Gasteiger partial charge on any atom is 0.265 e. The molecule has 1 rings (SSSR count). The average Bonchev–Trinajstić information content (AvgIpc) is 2.63. The van der Waals surface area contributed by atoms with Gasteiger partial charge in [0.05, 0.1) is 5.69 Å². The van der Waals surface area contributed by atoms with Gasteiger partial charge in [-0.15, -0.1) is 5.10 Å². The molecule has 2 N–H and O–H groups in total. The minimum Gasteiger partial charge on any atom is -0.396 e. The second kappa shape index (κ2) is 5.77. The van der Waals surface area contributed by atoms with Crippen molar-refractivity contribution in [2.45, 2.75) is 32.7 Å². The third-order valence-corrected chi connectivity index (χ3v) is 2.99. The number of aliphatic hydroxyl groups is 1. The van der Waals surface area contributed by atoms with Crippen LogP contribution in [0, 0.1) is 6.92 Å². The SMILES string of the molecule is CCC(CCO)NC(=O)c1snnc1C. The molecule has 0 saturated carbocycles. The van der Waals surface area contributed by atoms with E-state index in [0.717, 1.165) is 18.0 Å². The van der Waals surface area contributed by atoms with E-state index in [1.54, 1.807) is 6.92 Å². The topological polar surface area (TPSA) is 75.1 Å². The van der Waals surface area contributed by atoms with E-state index in [9.17, 15) is 4.79 Å². The third kappa shape index (κ3) is 3.24. The maximum absolute atomic E-state index is 11.7. The first kappa shape index (κ1) is 12.1. The van der Waals surface area contributed by atoms with E-state index in [2.05, 4.69) is 14.9 Å². The standard InChI is InChI=1S/C9H15N3O2S/c1-3-7(4-5-13)10-9(14)8-6(2)11-12-15-8/h7,13H,3-5H2,1-2H3,(H,10,14). The lowest BCUT2D eigenvalue weighted by molar-refractivity contribution is 0.0932. The molecule has 1 aromatic rings. The summed E-state index contributed by atoms with van der Waals surface area (Å²) in [4.78, 5) is 12.3. The van der Waals surface area contributed by atoms with Gasteiger partial charge in [0.15, 0.2) is 0 Å². The molecule has 1 amide bonds. The molecule has 1 heterocycles. The quantitative estimate of drug-likeness (QED) is 0.780. The lowest BCUT2D eigenvalue weighted by atomic mass is 10.1. The van der Waals surface area contributed by atoms with Gasteiger partial charge in [-0.2, -0.15) is 0 Å². The van der Waals surface area contributed by atoms with E-state index in [-0.39, 0.29) is 18.6 Å². The Labute approximate surface area is 92.7 Å². The molecular weight excluding hydrogens is 214 g/mol. The second-order valence-corrected chi connectivity index (χ2v) is 4.03. The average molecular weight is 229 g/mol. The number of nitrogens with zero attached hydrogens (tertiary/aromatic N) is 2. The summed E-state index contributed by atoms with van der Waals surface area (Å²) in [5, 5.41) is 15.4. The number of carbonyl (C=O) groups excluding carboxylic acids is 1. The number of aliphatic hydroxyl groups excluding tert-OH is 1. The Kier molecular flexibility index (Phi) is 4.64. The van der Waals surface area contributed by atoms with E-state index in [4.69, 9.17) is 5.11 Å². The van der Waals surface area contributed by atoms with Crippen molar-refractivity contribution >= 4 is 17.4 Å². The van der Waals surface area contributed by atoms with Crippen molar-refractivity contribution in [3.63, 3.8) is 0 Å². The smallest absolute Gasteiger partial charge is 0.265 e. The Morgan fingerprint density at radius 2 is 2.40 bits per heavy atom. The fourth-order valence-electron chi connectivity index (χ4n) is 1.22. The third-order valence-electron chi connectivity index (χ3n) is 2.16. The van der Waals surface area contributed by atoms with Crippen LogP contribution in [-0.4, -0.2) is 33.2 Å². The van der Waals surface area contributed by atoms with Gasteiger partial charge in [-0.3, -0.25) is 4.79 Å². The first-order chi connectivity index (χ1) is 7.19. The second-order valence-electron chi connectivity index (χ2n) is 3.28. The lowest BCUT2D eigenvalue weighted by Gasteiger charge is -2.14. The van der Waals surface area contributed by atoms with E-state index in [0.29, 0.717) is 17.0 Å². The summed E-state index contributed by atoms with van der Waals surface area (Å²) in [6, 6.07) is 0.0176. The molecule has 0 fully saturated rings. The summed E-state index contributed by atoms with van der Waals surface area (Å²) in [5.74, 6) is -0.150. The molecule has 0 aliphatic rings. The number of amides is 1. The minimum atomic E-state index is -0.150. The molecule has 0 saturated heterocycles. The maximum atomic E-state index is 11.7. The van der Waals surface area contributed by atoms with Crippen molar-refractivity contribution in [2.24, 2.45) is 0 Å². The molecular formula is C9H15N3O2S. The van der Waals surface area contributed by atoms with Gasteiger partial charge in [0.25, 0.3) is 5.91 Å². The molecule has 1 atom stereocenters. The van der Waals surface area contributed by atoms with Crippen LogP contribution in [0.3, 0.4) is 0 Å². The van der Waals surface area contributed by atoms with Crippen LogP contribution < -0.4 is 5.32 Å². The van der Waals surface area contributed by atoms with Crippen molar-refractivity contribution in [3.05, 3.63) is 10.6 Å². The molecule has 0 spiro atoms. The van der Waals surface area contributed by atoms with Gasteiger partial charge in [-0.05, 0) is 31.3 Å². The van der Waals surface area contributed by atoms with Crippen molar-refractivity contribution in [1.29, 1.82) is 0 Å². The van der Waals surface area contributed by atoms with Crippen LogP contribution in [0.2, 0.25) is 0 Å². The zero-order valence-electron chi connectivity index (χ0n) is 8.86. The van der Waals surface area contributed by atoms with Gasteiger partial charge in [0.1, 0.15) is 4.88 Å². The highest BCUT2D eigenvalue weighted by Crippen LogP contribution is 2.09. The number of hydrogen-bond donors (Lipinski definition) is 2. The fraction of sp³-hybridized carbons (Fsp3) is 0.667. The summed E-state index contributed by atoms with van der Waals surface area (Å²) in [5.41, 5.74) is 0.649. The van der Waals surface area contributed by atoms with Crippen LogP contribution in [0.4, 0.5) is 0 Å². The number of rotatable bonds is 5. The zero-order chi connectivity index (χ0) is 11.3. The van der Waals surface area contributed by atoms with Gasteiger partial charge in [-0.1, -0.05) is 11.4 Å². The van der Waals surface area contributed by atoms with Crippen molar-refractivity contribution in [1.82, 2.24) is 14.9 Å². The van der Waals surface area contributed by atoms with Crippen LogP contribution in [0.25, 0.3) is 0 Å². The largest absolute Gasteiger partial charge is 0.396 e. The molecule has 5 nitrogen and oxygen atoms in total.